The van der Waals surface area contributed by atoms with Crippen molar-refractivity contribution in [2.45, 2.75) is 6.18 Å². The molecule has 0 spiro atoms. The third-order valence-corrected chi connectivity index (χ3v) is 2.07. The van der Waals surface area contributed by atoms with Gasteiger partial charge in [-0.1, -0.05) is 5.16 Å². The van der Waals surface area contributed by atoms with E-state index in [1.54, 1.807) is 0 Å². The van der Waals surface area contributed by atoms with Crippen molar-refractivity contribution in [2.75, 3.05) is 0 Å². The highest BCUT2D eigenvalue weighted by Gasteiger charge is 2.30. The molecule has 0 radical (unpaired) electrons. The molecular weight excluding hydrogens is 253 g/mol. The Bertz CT molecular complexity index is 575. The van der Waals surface area contributed by atoms with Gasteiger partial charge in [0.25, 0.3) is 0 Å². The van der Waals surface area contributed by atoms with Gasteiger partial charge in [-0.15, -0.1) is 0 Å². The van der Waals surface area contributed by atoms with E-state index in [4.69, 9.17) is 5.11 Å². The summed E-state index contributed by atoms with van der Waals surface area (Å²) in [7, 11) is 0. The maximum atomic E-state index is 12.3. The number of aromatic nitrogens is 2. The van der Waals surface area contributed by atoms with Gasteiger partial charge < -0.3 is 9.63 Å². The van der Waals surface area contributed by atoms with E-state index < -0.39 is 17.7 Å². The monoisotopic (exact) mass is 258 g/mol. The van der Waals surface area contributed by atoms with Crippen molar-refractivity contribution in [3.05, 3.63) is 35.7 Å². The van der Waals surface area contributed by atoms with Gasteiger partial charge in [0.2, 0.25) is 0 Å². The van der Waals surface area contributed by atoms with Gasteiger partial charge in [-0.2, -0.15) is 13.2 Å². The number of halogens is 3. The van der Waals surface area contributed by atoms with Gasteiger partial charge in [-0.3, -0.25) is 4.98 Å². The summed E-state index contributed by atoms with van der Waals surface area (Å²) in [5.74, 6) is -1.31. The fraction of sp³-hybridized carbons (Fsp3) is 0.100. The van der Waals surface area contributed by atoms with Crippen LogP contribution in [0.15, 0.2) is 28.9 Å². The quantitative estimate of drug-likeness (QED) is 0.895. The average Bonchev–Trinajstić information content (AvgIpc) is 2.77. The number of nitrogens with zero attached hydrogens (tertiary/aromatic N) is 2. The topological polar surface area (TPSA) is 76.2 Å². The largest absolute Gasteiger partial charge is 0.476 e. The lowest BCUT2D eigenvalue weighted by molar-refractivity contribution is -0.137. The van der Waals surface area contributed by atoms with Crippen molar-refractivity contribution in [1.82, 2.24) is 10.1 Å². The zero-order chi connectivity index (χ0) is 13.3. The fourth-order valence-corrected chi connectivity index (χ4v) is 1.20. The predicted octanol–water partition coefficient (Wildman–Crippen LogP) is 2.45. The lowest BCUT2D eigenvalue weighted by atomic mass is 10.2. The molecule has 0 saturated heterocycles. The summed E-state index contributed by atoms with van der Waals surface area (Å²) >= 11 is 0. The molecule has 0 aliphatic rings. The van der Waals surface area contributed by atoms with Crippen LogP contribution in [0, 0.1) is 0 Å². The van der Waals surface area contributed by atoms with Crippen LogP contribution in [0.2, 0.25) is 0 Å². The Kier molecular flexibility index (Phi) is 2.77. The van der Waals surface area contributed by atoms with Crippen LogP contribution in [0.3, 0.4) is 0 Å². The van der Waals surface area contributed by atoms with Gasteiger partial charge in [0.15, 0.2) is 11.5 Å². The SMILES string of the molecule is O=C(O)c1cc(-c2ccc(C(F)(F)F)cn2)on1. The molecule has 0 aliphatic carbocycles. The molecule has 94 valence electrons. The zero-order valence-electron chi connectivity index (χ0n) is 8.60. The molecule has 0 aliphatic heterocycles. The van der Waals surface area contributed by atoms with Crippen molar-refractivity contribution in [1.29, 1.82) is 0 Å². The number of carbonyl (C=O) groups is 1. The Morgan fingerprint density at radius 2 is 2.06 bits per heavy atom. The molecule has 1 N–H and O–H groups in total. The third-order valence-electron chi connectivity index (χ3n) is 2.07. The Labute approximate surface area is 97.9 Å². The molecule has 18 heavy (non-hydrogen) atoms. The normalized spacial score (nSPS) is 11.5. The van der Waals surface area contributed by atoms with Crippen LogP contribution >= 0.6 is 0 Å². The van der Waals surface area contributed by atoms with Gasteiger partial charge in [-0.25, -0.2) is 4.79 Å². The second kappa shape index (κ2) is 4.13. The molecule has 0 fully saturated rings. The van der Waals surface area contributed by atoms with Crippen molar-refractivity contribution < 1.29 is 27.6 Å². The lowest BCUT2D eigenvalue weighted by Crippen LogP contribution is -2.05. The van der Waals surface area contributed by atoms with Crippen molar-refractivity contribution >= 4 is 5.97 Å². The van der Waals surface area contributed by atoms with Crippen LogP contribution in [0.5, 0.6) is 0 Å². The first-order valence-corrected chi connectivity index (χ1v) is 4.61. The molecule has 2 aromatic rings. The molecule has 2 aromatic heterocycles. The summed E-state index contributed by atoms with van der Waals surface area (Å²) in [6.07, 6.45) is -3.84. The minimum absolute atomic E-state index is 0.0128. The van der Waals surface area contributed by atoms with Gasteiger partial charge in [-0.05, 0) is 12.1 Å². The summed E-state index contributed by atoms with van der Waals surface area (Å²) in [5.41, 5.74) is -1.17. The van der Waals surface area contributed by atoms with Crippen LogP contribution in [-0.4, -0.2) is 21.2 Å². The number of rotatable bonds is 2. The highest BCUT2D eigenvalue weighted by molar-refractivity contribution is 5.86. The number of hydrogen-bond donors (Lipinski definition) is 1. The third kappa shape index (κ3) is 2.31. The van der Waals surface area contributed by atoms with Crippen molar-refractivity contribution in [2.24, 2.45) is 0 Å². The second-order valence-corrected chi connectivity index (χ2v) is 3.31. The standard InChI is InChI=1S/C10H5F3N2O3/c11-10(12,13)5-1-2-6(14-4-5)8-3-7(9(16)17)15-18-8/h1-4H,(H,16,17). The van der Waals surface area contributed by atoms with Crippen LogP contribution in [0.25, 0.3) is 11.5 Å². The molecular formula is C10H5F3N2O3. The summed E-state index contributed by atoms with van der Waals surface area (Å²) in [6, 6.07) is 2.98. The number of hydrogen-bond acceptors (Lipinski definition) is 4. The molecule has 2 rings (SSSR count). The Hall–Kier alpha value is -2.38. The van der Waals surface area contributed by atoms with Gasteiger partial charge in [0.1, 0.15) is 5.69 Å². The summed E-state index contributed by atoms with van der Waals surface area (Å²) in [4.78, 5) is 14.1. The average molecular weight is 258 g/mol. The maximum Gasteiger partial charge on any atom is 0.417 e. The number of aromatic carboxylic acids is 1. The molecule has 2 heterocycles. The lowest BCUT2D eigenvalue weighted by Gasteiger charge is -2.05. The maximum absolute atomic E-state index is 12.3. The second-order valence-electron chi connectivity index (χ2n) is 3.31. The minimum atomic E-state index is -4.47. The Morgan fingerprint density at radius 3 is 2.50 bits per heavy atom. The smallest absolute Gasteiger partial charge is 0.417 e. The minimum Gasteiger partial charge on any atom is -0.476 e. The zero-order valence-corrected chi connectivity index (χ0v) is 8.60. The first-order chi connectivity index (χ1) is 8.38. The predicted molar refractivity (Wildman–Crippen MR) is 51.7 cm³/mol. The van der Waals surface area contributed by atoms with Crippen LogP contribution in [-0.2, 0) is 6.18 Å². The summed E-state index contributed by atoms with van der Waals surface area (Å²) in [6.45, 7) is 0. The Balaban J connectivity index is 2.31. The van der Waals surface area contributed by atoms with Gasteiger partial charge in [0.05, 0.1) is 5.56 Å². The van der Waals surface area contributed by atoms with E-state index in [-0.39, 0.29) is 17.1 Å². The van der Waals surface area contributed by atoms with Crippen molar-refractivity contribution in [3.8, 4) is 11.5 Å². The molecule has 0 saturated carbocycles. The molecule has 5 nitrogen and oxygen atoms in total. The molecule has 0 aromatic carbocycles. The van der Waals surface area contributed by atoms with Crippen molar-refractivity contribution in [3.63, 3.8) is 0 Å². The summed E-state index contributed by atoms with van der Waals surface area (Å²) < 4.78 is 41.5. The summed E-state index contributed by atoms with van der Waals surface area (Å²) in [5, 5.41) is 11.8. The van der Waals surface area contributed by atoms with Crippen LogP contribution in [0.4, 0.5) is 13.2 Å². The van der Waals surface area contributed by atoms with Crippen LogP contribution < -0.4 is 0 Å². The van der Waals surface area contributed by atoms with E-state index in [0.717, 1.165) is 18.2 Å². The van der Waals surface area contributed by atoms with E-state index in [1.807, 2.05) is 0 Å². The van der Waals surface area contributed by atoms with E-state index >= 15 is 0 Å². The molecule has 0 unspecified atom stereocenters. The van der Waals surface area contributed by atoms with E-state index in [9.17, 15) is 18.0 Å². The first-order valence-electron chi connectivity index (χ1n) is 4.61. The van der Waals surface area contributed by atoms with E-state index in [2.05, 4.69) is 14.7 Å². The molecule has 0 amide bonds. The molecule has 0 bridgehead atoms. The number of alkyl halides is 3. The Morgan fingerprint density at radius 1 is 1.33 bits per heavy atom. The fourth-order valence-electron chi connectivity index (χ4n) is 1.20. The number of carboxylic acid groups (broad SMARTS) is 1. The highest BCUT2D eigenvalue weighted by Crippen LogP contribution is 2.29. The van der Waals surface area contributed by atoms with E-state index in [1.165, 1.54) is 0 Å². The highest BCUT2D eigenvalue weighted by atomic mass is 19.4. The van der Waals surface area contributed by atoms with Gasteiger partial charge >= 0.3 is 12.1 Å². The van der Waals surface area contributed by atoms with Gasteiger partial charge in [0, 0.05) is 12.3 Å². The molecule has 0 atom stereocenters. The number of pyridine rings is 1. The first kappa shape index (κ1) is 12.1. The van der Waals surface area contributed by atoms with Crippen LogP contribution in [0.1, 0.15) is 16.1 Å². The number of carboxylic acids is 1. The molecule has 8 heteroatoms. The van der Waals surface area contributed by atoms with E-state index in [0.29, 0.717) is 6.20 Å².